The summed E-state index contributed by atoms with van der Waals surface area (Å²) in [6.45, 7) is 1.92. The van der Waals surface area contributed by atoms with E-state index in [2.05, 4.69) is 26.2 Å². The standard InChI is InChI=1S/C11H16N6OS/c18-10(9-8-12-4-5-13-9)14-15-11(19)16-17-6-2-1-3-7-17/h4-5,8H,1-3,6-7H2,(H,14,18)(H2,15,16,19). The van der Waals surface area contributed by atoms with Crippen LogP contribution in [0.15, 0.2) is 18.6 Å². The summed E-state index contributed by atoms with van der Waals surface area (Å²) in [5.74, 6) is -0.379. The number of rotatable bonds is 2. The van der Waals surface area contributed by atoms with Crippen LogP contribution in [-0.4, -0.2) is 39.1 Å². The predicted molar refractivity (Wildman–Crippen MR) is 73.8 cm³/mol. The summed E-state index contributed by atoms with van der Waals surface area (Å²) in [5.41, 5.74) is 8.37. The second-order valence-electron chi connectivity index (χ2n) is 4.16. The van der Waals surface area contributed by atoms with Gasteiger partial charge in [-0.05, 0) is 25.1 Å². The molecule has 0 aromatic carbocycles. The summed E-state index contributed by atoms with van der Waals surface area (Å²) in [6.07, 6.45) is 7.91. The Morgan fingerprint density at radius 1 is 1.21 bits per heavy atom. The third-order valence-electron chi connectivity index (χ3n) is 2.70. The van der Waals surface area contributed by atoms with Crippen molar-refractivity contribution in [2.45, 2.75) is 19.3 Å². The van der Waals surface area contributed by atoms with E-state index in [1.54, 1.807) is 0 Å². The van der Waals surface area contributed by atoms with Gasteiger partial charge in [0.1, 0.15) is 5.69 Å². The van der Waals surface area contributed by atoms with E-state index in [0.717, 1.165) is 25.9 Å². The Labute approximate surface area is 116 Å². The van der Waals surface area contributed by atoms with E-state index in [1.807, 2.05) is 5.01 Å². The highest BCUT2D eigenvalue weighted by Crippen LogP contribution is 2.05. The highest BCUT2D eigenvalue weighted by molar-refractivity contribution is 7.80. The number of carbonyl (C=O) groups excluding carboxylic acids is 1. The molecule has 1 aliphatic rings. The number of thiocarbonyl (C=S) groups is 1. The average molecular weight is 280 g/mol. The minimum absolute atomic E-state index is 0.232. The van der Waals surface area contributed by atoms with Crippen LogP contribution >= 0.6 is 12.2 Å². The van der Waals surface area contributed by atoms with Crippen LogP contribution in [0.25, 0.3) is 0 Å². The van der Waals surface area contributed by atoms with Crippen molar-refractivity contribution < 1.29 is 4.79 Å². The van der Waals surface area contributed by atoms with E-state index in [0.29, 0.717) is 5.11 Å². The molecule has 8 heteroatoms. The van der Waals surface area contributed by atoms with Crippen LogP contribution in [0.4, 0.5) is 0 Å². The van der Waals surface area contributed by atoms with Crippen molar-refractivity contribution in [1.29, 1.82) is 0 Å². The van der Waals surface area contributed by atoms with Crippen LogP contribution in [0, 0.1) is 0 Å². The van der Waals surface area contributed by atoms with Crippen molar-refractivity contribution in [3.8, 4) is 0 Å². The Bertz CT molecular complexity index is 434. The lowest BCUT2D eigenvalue weighted by Crippen LogP contribution is -2.53. The number of aromatic nitrogens is 2. The zero-order chi connectivity index (χ0) is 13.5. The minimum atomic E-state index is -0.379. The van der Waals surface area contributed by atoms with Gasteiger partial charge in [-0.1, -0.05) is 6.42 Å². The molecular formula is C11H16N6OS. The summed E-state index contributed by atoms with van der Waals surface area (Å²) in [6, 6.07) is 0. The molecule has 19 heavy (non-hydrogen) atoms. The molecule has 3 N–H and O–H groups in total. The second kappa shape index (κ2) is 6.95. The molecule has 0 atom stereocenters. The number of hydrogen-bond donors (Lipinski definition) is 3. The van der Waals surface area contributed by atoms with Crippen molar-refractivity contribution in [1.82, 2.24) is 31.3 Å². The molecule has 7 nitrogen and oxygen atoms in total. The number of hydrazine groups is 2. The highest BCUT2D eigenvalue weighted by Gasteiger charge is 2.11. The van der Waals surface area contributed by atoms with E-state index >= 15 is 0 Å². The van der Waals surface area contributed by atoms with Gasteiger partial charge in [0.2, 0.25) is 0 Å². The van der Waals surface area contributed by atoms with Gasteiger partial charge in [-0.15, -0.1) is 0 Å². The molecule has 1 aromatic heterocycles. The van der Waals surface area contributed by atoms with Crippen LogP contribution in [-0.2, 0) is 0 Å². The molecule has 102 valence electrons. The zero-order valence-electron chi connectivity index (χ0n) is 10.4. The fraction of sp³-hybridized carbons (Fsp3) is 0.455. The minimum Gasteiger partial charge on any atom is -0.294 e. The smallest absolute Gasteiger partial charge is 0.289 e. The summed E-state index contributed by atoms with van der Waals surface area (Å²) in [7, 11) is 0. The largest absolute Gasteiger partial charge is 0.294 e. The first-order chi connectivity index (χ1) is 9.25. The van der Waals surface area contributed by atoms with E-state index in [9.17, 15) is 4.79 Å². The van der Waals surface area contributed by atoms with Crippen LogP contribution in [0.5, 0.6) is 0 Å². The van der Waals surface area contributed by atoms with Crippen molar-refractivity contribution in [2.24, 2.45) is 0 Å². The molecule has 0 bridgehead atoms. The molecule has 1 amide bonds. The lowest BCUT2D eigenvalue weighted by atomic mass is 10.2. The molecule has 0 spiro atoms. The molecule has 2 rings (SSSR count). The fourth-order valence-electron chi connectivity index (χ4n) is 1.77. The maximum Gasteiger partial charge on any atom is 0.289 e. The van der Waals surface area contributed by atoms with Gasteiger partial charge < -0.3 is 0 Å². The molecule has 0 radical (unpaired) electrons. The third-order valence-corrected chi connectivity index (χ3v) is 2.89. The Morgan fingerprint density at radius 3 is 2.68 bits per heavy atom. The molecule has 0 unspecified atom stereocenters. The van der Waals surface area contributed by atoms with Crippen LogP contribution in [0.3, 0.4) is 0 Å². The molecule has 1 aliphatic heterocycles. The number of amides is 1. The first-order valence-corrected chi connectivity index (χ1v) is 6.54. The Kier molecular flexibility index (Phi) is 4.99. The van der Waals surface area contributed by atoms with Crippen LogP contribution in [0.1, 0.15) is 29.8 Å². The summed E-state index contributed by atoms with van der Waals surface area (Å²) in [4.78, 5) is 19.4. The third kappa shape index (κ3) is 4.42. The summed E-state index contributed by atoms with van der Waals surface area (Å²) in [5, 5.41) is 2.40. The van der Waals surface area contributed by atoms with Gasteiger partial charge in [0.05, 0.1) is 6.20 Å². The van der Waals surface area contributed by atoms with Gasteiger partial charge in [0.25, 0.3) is 5.91 Å². The van der Waals surface area contributed by atoms with Gasteiger partial charge in [0, 0.05) is 25.5 Å². The molecule has 1 saturated heterocycles. The molecule has 1 fully saturated rings. The van der Waals surface area contributed by atoms with Crippen LogP contribution < -0.4 is 16.3 Å². The van der Waals surface area contributed by atoms with E-state index in [1.165, 1.54) is 25.0 Å². The van der Waals surface area contributed by atoms with Crippen molar-refractivity contribution in [2.75, 3.05) is 13.1 Å². The SMILES string of the molecule is O=C(NNC(=S)NN1CCCCC1)c1cnccn1. The van der Waals surface area contributed by atoms with E-state index in [4.69, 9.17) is 12.2 Å². The van der Waals surface area contributed by atoms with Crippen LogP contribution in [0.2, 0.25) is 0 Å². The highest BCUT2D eigenvalue weighted by atomic mass is 32.1. The monoisotopic (exact) mass is 280 g/mol. The second-order valence-corrected chi connectivity index (χ2v) is 4.57. The number of hydrogen-bond acceptors (Lipinski definition) is 5. The van der Waals surface area contributed by atoms with E-state index in [-0.39, 0.29) is 11.6 Å². The number of piperidine rings is 1. The van der Waals surface area contributed by atoms with Crippen molar-refractivity contribution >= 4 is 23.2 Å². The van der Waals surface area contributed by atoms with Crippen molar-refractivity contribution in [3.05, 3.63) is 24.3 Å². The quantitative estimate of drug-likeness (QED) is 0.519. The molecular weight excluding hydrogens is 264 g/mol. The molecule has 0 aliphatic carbocycles. The fourth-order valence-corrected chi connectivity index (χ4v) is 1.95. The van der Waals surface area contributed by atoms with E-state index < -0.39 is 0 Å². The Morgan fingerprint density at radius 2 is 2.00 bits per heavy atom. The Hall–Kier alpha value is -1.80. The molecule has 0 saturated carbocycles. The summed E-state index contributed by atoms with van der Waals surface area (Å²) < 4.78 is 0. The van der Waals surface area contributed by atoms with Gasteiger partial charge >= 0.3 is 0 Å². The first kappa shape index (κ1) is 13.6. The van der Waals surface area contributed by atoms with Gasteiger partial charge in [0.15, 0.2) is 5.11 Å². The number of carbonyl (C=O) groups is 1. The Balaban J connectivity index is 1.72. The normalized spacial score (nSPS) is 15.6. The zero-order valence-corrected chi connectivity index (χ0v) is 11.2. The van der Waals surface area contributed by atoms with Crippen molar-refractivity contribution in [3.63, 3.8) is 0 Å². The number of nitrogens with zero attached hydrogens (tertiary/aromatic N) is 3. The molecule has 1 aromatic rings. The average Bonchev–Trinajstić information content (AvgIpc) is 2.47. The topological polar surface area (TPSA) is 82.2 Å². The summed E-state index contributed by atoms with van der Waals surface area (Å²) >= 11 is 5.09. The maximum absolute atomic E-state index is 11.7. The first-order valence-electron chi connectivity index (χ1n) is 6.13. The number of nitrogens with one attached hydrogen (secondary N) is 3. The van der Waals surface area contributed by atoms with Gasteiger partial charge in [-0.25, -0.2) is 9.99 Å². The van der Waals surface area contributed by atoms with Gasteiger partial charge in [-0.3, -0.25) is 26.1 Å². The van der Waals surface area contributed by atoms with Gasteiger partial charge in [-0.2, -0.15) is 0 Å². The molecule has 2 heterocycles. The predicted octanol–water partition coefficient (Wildman–Crippen LogP) is -0.0136. The lowest BCUT2D eigenvalue weighted by Gasteiger charge is -2.28. The lowest BCUT2D eigenvalue weighted by molar-refractivity contribution is 0.0936. The maximum atomic E-state index is 11.7.